The van der Waals surface area contributed by atoms with Crippen LogP contribution in [0.4, 0.5) is 0 Å². The molecule has 4 nitrogen and oxygen atoms in total. The monoisotopic (exact) mass is 233 g/mol. The minimum atomic E-state index is -2.63. The van der Waals surface area contributed by atoms with Crippen molar-refractivity contribution in [1.82, 2.24) is 10.2 Å². The molecule has 78 valence electrons. The summed E-state index contributed by atoms with van der Waals surface area (Å²) in [6.07, 6.45) is 1.76. The molecule has 2 heterocycles. The van der Waals surface area contributed by atoms with Gasteiger partial charge in [0.15, 0.2) is 16.6 Å². The standard InChI is InChI=1S/C8H12N2O2S2/c1-2-3-10-7-5-14(11,12)4-6(7)9-8(10)13/h2,6-7H,1,3-5H2,(H-,9,11,12,13)/p+1/t6-,7+/m1/s1. The molecule has 0 amide bonds. The first-order valence-electron chi connectivity index (χ1n) is 4.43. The van der Waals surface area contributed by atoms with Gasteiger partial charge in [-0.05, 0) is 12.2 Å². The third-order valence-electron chi connectivity index (χ3n) is 2.63. The Hall–Kier alpha value is -0.460. The maximum absolute atomic E-state index is 11.5. The van der Waals surface area contributed by atoms with E-state index in [-0.39, 0.29) is 12.1 Å². The minimum Gasteiger partial charge on any atom is -0.353 e. The Morgan fingerprint density at radius 3 is 3.14 bits per heavy atom. The van der Waals surface area contributed by atoms with Crippen molar-refractivity contribution in [3.8, 4) is 0 Å². The van der Waals surface area contributed by atoms with Gasteiger partial charge in [0.25, 0.3) is 0 Å². The van der Waals surface area contributed by atoms with Gasteiger partial charge in [-0.3, -0.25) is 0 Å². The topological polar surface area (TPSA) is 52.6 Å². The smallest absolute Gasteiger partial charge is 0.218 e. The van der Waals surface area contributed by atoms with E-state index in [4.69, 9.17) is 12.2 Å². The molecule has 0 aromatic heterocycles. The zero-order chi connectivity index (χ0) is 10.3. The normalized spacial score (nSPS) is 40.9. The molecule has 2 rings (SSSR count). The predicted molar refractivity (Wildman–Crippen MR) is 60.6 cm³/mol. The molecule has 0 aromatic rings. The quantitative estimate of drug-likeness (QED) is 0.402. The van der Waals surface area contributed by atoms with Crippen LogP contribution in [0.5, 0.6) is 0 Å². The third kappa shape index (κ3) is 1.57. The second kappa shape index (κ2) is 3.29. The van der Waals surface area contributed by atoms with Crippen molar-refractivity contribution in [2.75, 3.05) is 18.1 Å². The largest absolute Gasteiger partial charge is 0.353 e. The van der Waals surface area contributed by atoms with Gasteiger partial charge in [-0.1, -0.05) is 10.3 Å². The fraction of sp³-hybridized carbons (Fsp3) is 0.625. The van der Waals surface area contributed by atoms with E-state index in [9.17, 15) is 8.76 Å². The summed E-state index contributed by atoms with van der Waals surface area (Å²) >= 11 is 5.13. The van der Waals surface area contributed by atoms with Crippen LogP contribution in [0, 0.1) is 0 Å². The van der Waals surface area contributed by atoms with Gasteiger partial charge >= 0.3 is 0 Å². The predicted octanol–water partition coefficient (Wildman–Crippen LogP) is 0.0858. The van der Waals surface area contributed by atoms with Crippen LogP contribution in [-0.2, 0) is 14.4 Å². The van der Waals surface area contributed by atoms with Crippen LogP contribution in [0.15, 0.2) is 12.7 Å². The Morgan fingerprint density at radius 1 is 1.79 bits per heavy atom. The number of nitrogens with one attached hydrogen (secondary N) is 1. The van der Waals surface area contributed by atoms with Crippen molar-refractivity contribution in [2.45, 2.75) is 12.1 Å². The maximum Gasteiger partial charge on any atom is 0.218 e. The SMILES string of the molecule is C=CCN1C(=S)N[C@@H]2C[S+](=O)(O)C[C@@H]21. The van der Waals surface area contributed by atoms with Crippen LogP contribution in [0.3, 0.4) is 0 Å². The lowest BCUT2D eigenvalue weighted by atomic mass is 10.2. The van der Waals surface area contributed by atoms with Gasteiger partial charge in [-0.25, -0.2) is 0 Å². The van der Waals surface area contributed by atoms with E-state index in [2.05, 4.69) is 11.9 Å². The van der Waals surface area contributed by atoms with E-state index >= 15 is 0 Å². The van der Waals surface area contributed by atoms with Crippen molar-refractivity contribution in [3.05, 3.63) is 12.7 Å². The molecule has 6 heteroatoms. The van der Waals surface area contributed by atoms with Crippen molar-refractivity contribution < 1.29 is 8.76 Å². The minimum absolute atomic E-state index is 0.0416. The van der Waals surface area contributed by atoms with Crippen molar-refractivity contribution in [2.24, 2.45) is 0 Å². The van der Waals surface area contributed by atoms with E-state index in [0.717, 1.165) is 0 Å². The molecule has 14 heavy (non-hydrogen) atoms. The number of nitrogens with zero attached hydrogens (tertiary/aromatic N) is 1. The lowest BCUT2D eigenvalue weighted by Gasteiger charge is -2.19. The first kappa shape index (κ1) is 10.1. The molecule has 1 unspecified atom stereocenters. The molecule has 0 aromatic carbocycles. The summed E-state index contributed by atoms with van der Waals surface area (Å²) in [6, 6.07) is 0.109. The summed E-state index contributed by atoms with van der Waals surface area (Å²) in [4.78, 5) is 1.94. The van der Waals surface area contributed by atoms with Gasteiger partial charge in [0, 0.05) is 6.54 Å². The molecule has 0 saturated carbocycles. The molecule has 0 spiro atoms. The highest BCUT2D eigenvalue weighted by molar-refractivity contribution is 7.98. The van der Waals surface area contributed by atoms with Gasteiger partial charge < -0.3 is 10.2 Å². The fourth-order valence-electron chi connectivity index (χ4n) is 2.04. The molecule has 0 aliphatic carbocycles. The van der Waals surface area contributed by atoms with E-state index in [0.29, 0.717) is 23.2 Å². The summed E-state index contributed by atoms with van der Waals surface area (Å²) < 4.78 is 20.9. The Morgan fingerprint density at radius 2 is 2.50 bits per heavy atom. The van der Waals surface area contributed by atoms with Crippen LogP contribution in [0.25, 0.3) is 0 Å². The molecule has 0 radical (unpaired) electrons. The summed E-state index contributed by atoms with van der Waals surface area (Å²) in [5.74, 6) is 0.629. The molecule has 2 aliphatic heterocycles. The average Bonchev–Trinajstić information content (AvgIpc) is 2.47. The van der Waals surface area contributed by atoms with Crippen molar-refractivity contribution in [1.29, 1.82) is 0 Å². The van der Waals surface area contributed by atoms with Gasteiger partial charge in [-0.2, -0.15) is 4.55 Å². The van der Waals surface area contributed by atoms with Crippen LogP contribution in [-0.4, -0.2) is 44.7 Å². The summed E-state index contributed by atoms with van der Waals surface area (Å²) in [7, 11) is -2.63. The molecular formula is C8H13N2O2S2+. The Balaban J connectivity index is 2.17. The maximum atomic E-state index is 11.5. The molecule has 2 N–H and O–H groups in total. The highest BCUT2D eigenvalue weighted by atomic mass is 32.3. The van der Waals surface area contributed by atoms with Crippen molar-refractivity contribution in [3.63, 3.8) is 0 Å². The van der Waals surface area contributed by atoms with E-state index in [1.807, 2.05) is 4.90 Å². The number of hydrogen-bond acceptors (Lipinski definition) is 2. The third-order valence-corrected chi connectivity index (χ3v) is 4.73. The molecule has 3 atom stereocenters. The zero-order valence-electron chi connectivity index (χ0n) is 7.68. The van der Waals surface area contributed by atoms with E-state index < -0.39 is 10.2 Å². The molecule has 2 saturated heterocycles. The second-order valence-corrected chi connectivity index (χ2v) is 6.27. The van der Waals surface area contributed by atoms with Gasteiger partial charge in [0.2, 0.25) is 10.2 Å². The van der Waals surface area contributed by atoms with Crippen LogP contribution in [0.2, 0.25) is 0 Å². The Bertz CT molecular complexity index is 331. The van der Waals surface area contributed by atoms with Crippen molar-refractivity contribution >= 4 is 27.5 Å². The molecular weight excluding hydrogens is 220 g/mol. The van der Waals surface area contributed by atoms with Gasteiger partial charge in [0.05, 0.1) is 0 Å². The fourth-order valence-corrected chi connectivity index (χ4v) is 4.35. The van der Waals surface area contributed by atoms with Gasteiger partial charge in [0.1, 0.15) is 12.1 Å². The number of fused-ring (bicyclic) bond motifs is 1. The Kier molecular flexibility index (Phi) is 2.36. The highest BCUT2D eigenvalue weighted by Crippen LogP contribution is 2.26. The zero-order valence-corrected chi connectivity index (χ0v) is 9.31. The average molecular weight is 233 g/mol. The molecule has 0 bridgehead atoms. The number of rotatable bonds is 2. The second-order valence-electron chi connectivity index (χ2n) is 3.67. The Labute approximate surface area is 89.6 Å². The lowest BCUT2D eigenvalue weighted by molar-refractivity contribution is 0.384. The summed E-state index contributed by atoms with van der Waals surface area (Å²) in [5, 5.41) is 3.75. The molecule has 2 fully saturated rings. The lowest BCUT2D eigenvalue weighted by Crippen LogP contribution is -2.37. The van der Waals surface area contributed by atoms with Gasteiger partial charge in [-0.15, -0.1) is 6.58 Å². The summed E-state index contributed by atoms with van der Waals surface area (Å²) in [6.45, 7) is 4.29. The number of hydrogen-bond donors (Lipinski definition) is 2. The van der Waals surface area contributed by atoms with Crippen LogP contribution < -0.4 is 5.32 Å². The van der Waals surface area contributed by atoms with E-state index in [1.54, 1.807) is 6.08 Å². The summed E-state index contributed by atoms with van der Waals surface area (Å²) in [5.41, 5.74) is 0. The first-order chi connectivity index (χ1) is 6.53. The van der Waals surface area contributed by atoms with Crippen LogP contribution in [0.1, 0.15) is 0 Å². The van der Waals surface area contributed by atoms with Crippen LogP contribution >= 0.6 is 12.2 Å². The number of thiocarbonyl (C=S) groups is 1. The first-order valence-corrected chi connectivity index (χ1v) is 6.70. The van der Waals surface area contributed by atoms with E-state index in [1.165, 1.54) is 0 Å². The molecule has 2 aliphatic rings. The highest BCUT2D eigenvalue weighted by Gasteiger charge is 2.53.